The molecule has 1 unspecified atom stereocenters. The van der Waals surface area contributed by atoms with Gasteiger partial charge in [-0.25, -0.2) is 9.18 Å². The van der Waals surface area contributed by atoms with Crippen LogP contribution in [0.4, 0.5) is 9.18 Å². The van der Waals surface area contributed by atoms with Crippen LogP contribution in [0.1, 0.15) is 49.8 Å². The second-order valence-corrected chi connectivity index (χ2v) is 7.13. The highest BCUT2D eigenvalue weighted by atomic mass is 19.1. The number of halogens is 1. The summed E-state index contributed by atoms with van der Waals surface area (Å²) in [5, 5.41) is 13.3. The lowest BCUT2D eigenvalue weighted by molar-refractivity contribution is -0.133. The van der Waals surface area contributed by atoms with Crippen molar-refractivity contribution >= 4 is 11.9 Å². The fourth-order valence-electron chi connectivity index (χ4n) is 3.72. The quantitative estimate of drug-likeness (QED) is 0.835. The van der Waals surface area contributed by atoms with Gasteiger partial charge in [-0.3, -0.25) is 9.69 Å². The summed E-state index contributed by atoms with van der Waals surface area (Å²) in [4.78, 5) is 26.1. The van der Waals surface area contributed by atoms with E-state index in [4.69, 9.17) is 0 Å². The van der Waals surface area contributed by atoms with Gasteiger partial charge in [-0.15, -0.1) is 0 Å². The number of hydrogen-bond donors (Lipinski definition) is 2. The number of nitrogens with zero attached hydrogens (tertiary/aromatic N) is 1. The van der Waals surface area contributed by atoms with E-state index in [1.807, 2.05) is 0 Å². The number of rotatable bonds is 3. The molecule has 1 aromatic carbocycles. The Morgan fingerprint density at radius 2 is 2.04 bits per heavy atom. The van der Waals surface area contributed by atoms with Crippen LogP contribution in [0.2, 0.25) is 0 Å². The number of aryl methyl sites for hydroxylation is 1. The number of urea groups is 1. The van der Waals surface area contributed by atoms with Gasteiger partial charge in [0.1, 0.15) is 11.4 Å². The highest BCUT2D eigenvalue weighted by Gasteiger charge is 2.52. The fraction of sp³-hybridized carbons (Fsp3) is 0.556. The van der Waals surface area contributed by atoms with Crippen molar-refractivity contribution in [1.82, 2.24) is 10.2 Å². The maximum atomic E-state index is 13.2. The van der Waals surface area contributed by atoms with Crippen LogP contribution in [0.5, 0.6) is 0 Å². The Bertz CT molecular complexity index is 668. The van der Waals surface area contributed by atoms with Crippen LogP contribution < -0.4 is 5.32 Å². The normalized spacial score (nSPS) is 28.3. The van der Waals surface area contributed by atoms with Gasteiger partial charge in [-0.2, -0.15) is 0 Å². The SMILES string of the molecule is Cc1cc(F)ccc1C(O)CN1C(=O)NC2(CCC(C)CC2)C1=O. The minimum atomic E-state index is -1.03. The molecule has 5 nitrogen and oxygen atoms in total. The van der Waals surface area contributed by atoms with E-state index in [1.54, 1.807) is 6.92 Å². The molecular formula is C18H23FN2O3. The van der Waals surface area contributed by atoms with Crippen LogP contribution in [0.15, 0.2) is 18.2 Å². The number of imide groups is 1. The van der Waals surface area contributed by atoms with Gasteiger partial charge in [0, 0.05) is 0 Å². The van der Waals surface area contributed by atoms with E-state index in [0.717, 1.165) is 17.7 Å². The number of carbonyl (C=O) groups excluding carboxylic acids is 2. The molecule has 1 heterocycles. The van der Waals surface area contributed by atoms with E-state index in [1.165, 1.54) is 18.2 Å². The summed E-state index contributed by atoms with van der Waals surface area (Å²) in [6.07, 6.45) is 2.05. The van der Waals surface area contributed by atoms with E-state index >= 15 is 0 Å². The van der Waals surface area contributed by atoms with Crippen LogP contribution in [-0.4, -0.2) is 34.0 Å². The van der Waals surface area contributed by atoms with E-state index in [9.17, 15) is 19.1 Å². The second kappa shape index (κ2) is 6.16. The molecule has 0 bridgehead atoms. The molecular weight excluding hydrogens is 311 g/mol. The van der Waals surface area contributed by atoms with Gasteiger partial charge >= 0.3 is 6.03 Å². The van der Waals surface area contributed by atoms with Gasteiger partial charge in [-0.05, 0) is 61.8 Å². The first kappa shape index (κ1) is 16.9. The van der Waals surface area contributed by atoms with Crippen LogP contribution in [0.25, 0.3) is 0 Å². The van der Waals surface area contributed by atoms with Crippen LogP contribution >= 0.6 is 0 Å². The molecule has 130 valence electrons. The smallest absolute Gasteiger partial charge is 0.325 e. The van der Waals surface area contributed by atoms with E-state index in [0.29, 0.717) is 29.9 Å². The van der Waals surface area contributed by atoms with Crippen LogP contribution in [0.3, 0.4) is 0 Å². The average molecular weight is 334 g/mol. The molecule has 1 saturated carbocycles. The van der Waals surface area contributed by atoms with E-state index in [2.05, 4.69) is 12.2 Å². The molecule has 3 amide bonds. The molecule has 2 aliphatic rings. The lowest BCUT2D eigenvalue weighted by Crippen LogP contribution is -2.49. The van der Waals surface area contributed by atoms with Crippen molar-refractivity contribution in [2.45, 2.75) is 51.2 Å². The molecule has 0 aromatic heterocycles. The number of nitrogens with one attached hydrogen (secondary N) is 1. The predicted octanol–water partition coefficient (Wildman–Crippen LogP) is 2.67. The Balaban J connectivity index is 1.75. The zero-order valence-corrected chi connectivity index (χ0v) is 14.0. The number of aliphatic hydroxyl groups excluding tert-OH is 1. The summed E-state index contributed by atoms with van der Waals surface area (Å²) < 4.78 is 13.2. The average Bonchev–Trinajstić information content (AvgIpc) is 2.75. The molecule has 0 radical (unpaired) electrons. The molecule has 1 atom stereocenters. The Morgan fingerprint density at radius 3 is 2.67 bits per heavy atom. The monoisotopic (exact) mass is 334 g/mol. The Hall–Kier alpha value is -1.95. The van der Waals surface area contributed by atoms with Crippen LogP contribution in [0, 0.1) is 18.7 Å². The standard InChI is InChI=1S/C18H23FN2O3/c1-11-5-7-18(8-6-11)16(23)21(17(24)20-18)10-15(22)14-4-3-13(19)9-12(14)2/h3-4,9,11,15,22H,5-8,10H2,1-2H3,(H,20,24). The van der Waals surface area contributed by atoms with Crippen molar-refractivity contribution in [3.8, 4) is 0 Å². The van der Waals surface area contributed by atoms with E-state index < -0.39 is 17.7 Å². The molecule has 1 saturated heterocycles. The van der Waals surface area contributed by atoms with Gasteiger partial charge < -0.3 is 10.4 Å². The maximum Gasteiger partial charge on any atom is 0.325 e. The number of carbonyl (C=O) groups is 2. The molecule has 1 aliphatic carbocycles. The van der Waals surface area contributed by atoms with Gasteiger partial charge in [0.2, 0.25) is 0 Å². The lowest BCUT2D eigenvalue weighted by Gasteiger charge is -2.33. The third-order valence-electron chi connectivity index (χ3n) is 5.32. The van der Waals surface area contributed by atoms with Crippen molar-refractivity contribution in [2.24, 2.45) is 5.92 Å². The summed E-state index contributed by atoms with van der Waals surface area (Å²) in [6, 6.07) is 3.63. The minimum Gasteiger partial charge on any atom is -0.387 e. The number of benzene rings is 1. The molecule has 2 fully saturated rings. The van der Waals surface area contributed by atoms with Gasteiger partial charge in [-0.1, -0.05) is 13.0 Å². The highest BCUT2D eigenvalue weighted by Crippen LogP contribution is 2.36. The first-order valence-corrected chi connectivity index (χ1v) is 8.40. The molecule has 3 rings (SSSR count). The van der Waals surface area contributed by atoms with Crippen molar-refractivity contribution < 1.29 is 19.1 Å². The largest absolute Gasteiger partial charge is 0.387 e. The molecule has 24 heavy (non-hydrogen) atoms. The number of aliphatic hydroxyl groups is 1. The molecule has 6 heteroatoms. The number of hydrogen-bond acceptors (Lipinski definition) is 3. The molecule has 1 aromatic rings. The topological polar surface area (TPSA) is 69.6 Å². The maximum absolute atomic E-state index is 13.2. The number of amides is 3. The van der Waals surface area contributed by atoms with Gasteiger partial charge in [0.25, 0.3) is 5.91 Å². The third-order valence-corrected chi connectivity index (χ3v) is 5.32. The summed E-state index contributed by atoms with van der Waals surface area (Å²) in [5.74, 6) is -0.0752. The molecule has 1 aliphatic heterocycles. The summed E-state index contributed by atoms with van der Waals surface area (Å²) in [7, 11) is 0. The Labute approximate surface area is 140 Å². The zero-order valence-electron chi connectivity index (χ0n) is 14.0. The number of β-amino-alcohol motifs (C(OH)–C–C–N with tert-alkyl or cyclic N) is 1. The summed E-state index contributed by atoms with van der Waals surface area (Å²) in [6.45, 7) is 3.72. The molecule has 1 spiro atoms. The van der Waals surface area contributed by atoms with Gasteiger partial charge in [0.15, 0.2) is 0 Å². The Kier molecular flexibility index (Phi) is 4.34. The first-order chi connectivity index (χ1) is 11.3. The highest BCUT2D eigenvalue weighted by molar-refractivity contribution is 6.07. The second-order valence-electron chi connectivity index (χ2n) is 7.13. The van der Waals surface area contributed by atoms with E-state index in [-0.39, 0.29) is 18.3 Å². The minimum absolute atomic E-state index is 0.117. The third kappa shape index (κ3) is 2.90. The predicted molar refractivity (Wildman–Crippen MR) is 86.7 cm³/mol. The van der Waals surface area contributed by atoms with Crippen LogP contribution in [-0.2, 0) is 4.79 Å². The fourth-order valence-corrected chi connectivity index (χ4v) is 3.72. The zero-order chi connectivity index (χ0) is 17.5. The molecule has 2 N–H and O–H groups in total. The van der Waals surface area contributed by atoms with Gasteiger partial charge in [0.05, 0.1) is 12.6 Å². The van der Waals surface area contributed by atoms with Crippen molar-refractivity contribution in [3.63, 3.8) is 0 Å². The first-order valence-electron chi connectivity index (χ1n) is 8.40. The summed E-state index contributed by atoms with van der Waals surface area (Å²) in [5.41, 5.74) is 0.312. The van der Waals surface area contributed by atoms with Crippen molar-refractivity contribution in [2.75, 3.05) is 6.54 Å². The summed E-state index contributed by atoms with van der Waals surface area (Å²) >= 11 is 0. The van der Waals surface area contributed by atoms with Crippen molar-refractivity contribution in [1.29, 1.82) is 0 Å². The lowest BCUT2D eigenvalue weighted by atomic mass is 9.77. The Morgan fingerprint density at radius 1 is 1.38 bits per heavy atom. The van der Waals surface area contributed by atoms with Crippen molar-refractivity contribution in [3.05, 3.63) is 35.1 Å².